The molecule has 0 aliphatic heterocycles. The van der Waals surface area contributed by atoms with Crippen LogP contribution in [0.5, 0.6) is 0 Å². The highest BCUT2D eigenvalue weighted by Crippen LogP contribution is 2.35. The predicted octanol–water partition coefficient (Wildman–Crippen LogP) is 4.37. The highest BCUT2D eigenvalue weighted by Gasteiger charge is 2.23. The standard InChI is InChI=1S/C16H24FN/c1-3-9-18-16(10-13-5-4-6-13)14-8-7-12(2)15(17)11-14/h7-8,11,13,16,18H,3-6,9-10H2,1-2H3. The van der Waals surface area contributed by atoms with Crippen LogP contribution >= 0.6 is 0 Å². The Hall–Kier alpha value is -0.890. The van der Waals surface area contributed by atoms with Crippen LogP contribution in [0.25, 0.3) is 0 Å². The van der Waals surface area contributed by atoms with Gasteiger partial charge in [-0.1, -0.05) is 38.3 Å². The Bertz CT molecular complexity index is 385. The summed E-state index contributed by atoms with van der Waals surface area (Å²) in [7, 11) is 0. The molecular formula is C16H24FN. The van der Waals surface area contributed by atoms with Crippen molar-refractivity contribution < 1.29 is 4.39 Å². The lowest BCUT2D eigenvalue weighted by Gasteiger charge is -2.30. The van der Waals surface area contributed by atoms with Crippen LogP contribution < -0.4 is 5.32 Å². The second-order valence-corrected chi connectivity index (χ2v) is 5.55. The molecule has 1 aromatic carbocycles. The van der Waals surface area contributed by atoms with E-state index in [1.165, 1.54) is 19.3 Å². The molecule has 1 fully saturated rings. The van der Waals surface area contributed by atoms with Crippen LogP contribution in [-0.4, -0.2) is 6.54 Å². The van der Waals surface area contributed by atoms with Crippen LogP contribution in [-0.2, 0) is 0 Å². The maximum atomic E-state index is 13.7. The van der Waals surface area contributed by atoms with Gasteiger partial charge in [-0.25, -0.2) is 4.39 Å². The summed E-state index contributed by atoms with van der Waals surface area (Å²) in [5.74, 6) is 0.758. The summed E-state index contributed by atoms with van der Waals surface area (Å²) in [6.07, 6.45) is 6.34. The number of aryl methyl sites for hydroxylation is 1. The average Bonchev–Trinajstić information content (AvgIpc) is 2.31. The number of nitrogens with one attached hydrogen (secondary N) is 1. The summed E-state index contributed by atoms with van der Waals surface area (Å²) in [5.41, 5.74) is 1.84. The average molecular weight is 249 g/mol. The minimum atomic E-state index is -0.0793. The molecule has 2 heteroatoms. The summed E-state index contributed by atoms with van der Waals surface area (Å²) in [5, 5.41) is 3.56. The maximum Gasteiger partial charge on any atom is 0.126 e. The number of benzene rings is 1. The Labute approximate surface area is 110 Å². The monoisotopic (exact) mass is 249 g/mol. The van der Waals surface area contributed by atoms with Gasteiger partial charge in [0.25, 0.3) is 0 Å². The third kappa shape index (κ3) is 3.32. The summed E-state index contributed by atoms with van der Waals surface area (Å²) in [4.78, 5) is 0. The van der Waals surface area contributed by atoms with Gasteiger partial charge in [-0.15, -0.1) is 0 Å². The van der Waals surface area contributed by atoms with Crippen molar-refractivity contribution in [3.63, 3.8) is 0 Å². The third-order valence-electron chi connectivity index (χ3n) is 4.03. The molecule has 100 valence electrons. The summed E-state index contributed by atoms with van der Waals surface area (Å²) in [6, 6.07) is 6.00. The van der Waals surface area contributed by atoms with Crippen LogP contribution in [0.15, 0.2) is 18.2 Å². The molecule has 0 heterocycles. The quantitative estimate of drug-likeness (QED) is 0.789. The van der Waals surface area contributed by atoms with E-state index in [1.807, 2.05) is 13.0 Å². The largest absolute Gasteiger partial charge is 0.310 e. The van der Waals surface area contributed by atoms with E-state index in [1.54, 1.807) is 6.07 Å². The van der Waals surface area contributed by atoms with Crippen molar-refractivity contribution in [2.24, 2.45) is 5.92 Å². The van der Waals surface area contributed by atoms with Gasteiger partial charge in [0.2, 0.25) is 0 Å². The van der Waals surface area contributed by atoms with Crippen LogP contribution in [0.1, 0.15) is 56.2 Å². The lowest BCUT2D eigenvalue weighted by Crippen LogP contribution is -2.26. The lowest BCUT2D eigenvalue weighted by atomic mass is 9.79. The molecule has 0 aromatic heterocycles. The molecule has 1 unspecified atom stereocenters. The third-order valence-corrected chi connectivity index (χ3v) is 4.03. The Morgan fingerprint density at radius 1 is 1.39 bits per heavy atom. The van der Waals surface area contributed by atoms with Crippen molar-refractivity contribution in [3.05, 3.63) is 35.1 Å². The fourth-order valence-corrected chi connectivity index (χ4v) is 2.54. The number of hydrogen-bond donors (Lipinski definition) is 1. The number of hydrogen-bond acceptors (Lipinski definition) is 1. The summed E-state index contributed by atoms with van der Waals surface area (Å²) in [6.45, 7) is 5.00. The van der Waals surface area contributed by atoms with Crippen molar-refractivity contribution in [1.82, 2.24) is 5.32 Å². The van der Waals surface area contributed by atoms with E-state index in [0.29, 0.717) is 6.04 Å². The van der Waals surface area contributed by atoms with E-state index < -0.39 is 0 Å². The highest BCUT2D eigenvalue weighted by atomic mass is 19.1. The molecule has 1 N–H and O–H groups in total. The Kier molecular flexibility index (Phi) is 4.76. The molecule has 18 heavy (non-hydrogen) atoms. The molecule has 0 bridgehead atoms. The van der Waals surface area contributed by atoms with E-state index in [-0.39, 0.29) is 5.82 Å². The number of rotatable bonds is 6. The van der Waals surface area contributed by atoms with Gasteiger partial charge in [0.05, 0.1) is 0 Å². The zero-order chi connectivity index (χ0) is 13.0. The van der Waals surface area contributed by atoms with Crippen molar-refractivity contribution in [2.75, 3.05) is 6.54 Å². The van der Waals surface area contributed by atoms with E-state index in [4.69, 9.17) is 0 Å². The topological polar surface area (TPSA) is 12.0 Å². The van der Waals surface area contributed by atoms with Gasteiger partial charge in [0.15, 0.2) is 0 Å². The van der Waals surface area contributed by atoms with E-state index in [9.17, 15) is 4.39 Å². The smallest absolute Gasteiger partial charge is 0.126 e. The second kappa shape index (κ2) is 6.33. The molecule has 2 rings (SSSR count). The molecular weight excluding hydrogens is 225 g/mol. The van der Waals surface area contributed by atoms with Crippen molar-refractivity contribution >= 4 is 0 Å². The van der Waals surface area contributed by atoms with Crippen LogP contribution in [0.3, 0.4) is 0 Å². The van der Waals surface area contributed by atoms with E-state index >= 15 is 0 Å². The Morgan fingerprint density at radius 3 is 2.72 bits per heavy atom. The molecule has 1 atom stereocenters. The van der Waals surface area contributed by atoms with Crippen LogP contribution in [0.2, 0.25) is 0 Å². The molecule has 0 radical (unpaired) electrons. The van der Waals surface area contributed by atoms with Crippen molar-refractivity contribution in [3.8, 4) is 0 Å². The number of halogens is 1. The zero-order valence-corrected chi connectivity index (χ0v) is 11.5. The molecule has 0 spiro atoms. The highest BCUT2D eigenvalue weighted by molar-refractivity contribution is 5.26. The Morgan fingerprint density at radius 2 is 2.17 bits per heavy atom. The molecule has 1 aliphatic rings. The van der Waals surface area contributed by atoms with Gasteiger partial charge < -0.3 is 5.32 Å². The first-order chi connectivity index (χ1) is 8.70. The van der Waals surface area contributed by atoms with Crippen LogP contribution in [0, 0.1) is 18.7 Å². The molecule has 1 aromatic rings. The molecule has 1 saturated carbocycles. The normalized spacial score (nSPS) is 17.5. The molecule has 0 amide bonds. The van der Waals surface area contributed by atoms with Gasteiger partial charge in [0, 0.05) is 6.04 Å². The fraction of sp³-hybridized carbons (Fsp3) is 0.625. The van der Waals surface area contributed by atoms with E-state index in [2.05, 4.69) is 18.3 Å². The minimum absolute atomic E-state index is 0.0793. The van der Waals surface area contributed by atoms with Gasteiger partial charge in [-0.05, 0) is 49.4 Å². The van der Waals surface area contributed by atoms with Gasteiger partial charge in [-0.3, -0.25) is 0 Å². The lowest BCUT2D eigenvalue weighted by molar-refractivity contribution is 0.261. The SMILES string of the molecule is CCCNC(CC1CCC1)c1ccc(C)c(F)c1. The summed E-state index contributed by atoms with van der Waals surface area (Å²) >= 11 is 0. The first kappa shape index (κ1) is 13.5. The Balaban J connectivity index is 2.07. The van der Waals surface area contributed by atoms with Gasteiger partial charge in [-0.2, -0.15) is 0 Å². The van der Waals surface area contributed by atoms with Crippen molar-refractivity contribution in [1.29, 1.82) is 0 Å². The first-order valence-corrected chi connectivity index (χ1v) is 7.20. The molecule has 1 aliphatic carbocycles. The minimum Gasteiger partial charge on any atom is -0.310 e. The predicted molar refractivity (Wildman–Crippen MR) is 74.1 cm³/mol. The summed E-state index contributed by atoms with van der Waals surface area (Å²) < 4.78 is 13.7. The van der Waals surface area contributed by atoms with Gasteiger partial charge >= 0.3 is 0 Å². The van der Waals surface area contributed by atoms with Crippen molar-refractivity contribution in [2.45, 2.75) is 52.0 Å². The maximum absolute atomic E-state index is 13.7. The van der Waals surface area contributed by atoms with Crippen LogP contribution in [0.4, 0.5) is 4.39 Å². The molecule has 0 saturated heterocycles. The zero-order valence-electron chi connectivity index (χ0n) is 11.5. The second-order valence-electron chi connectivity index (χ2n) is 5.55. The van der Waals surface area contributed by atoms with Gasteiger partial charge in [0.1, 0.15) is 5.82 Å². The van der Waals surface area contributed by atoms with E-state index in [0.717, 1.165) is 36.4 Å². The first-order valence-electron chi connectivity index (χ1n) is 7.20. The fourth-order valence-electron chi connectivity index (χ4n) is 2.54. The molecule has 1 nitrogen and oxygen atoms in total.